The van der Waals surface area contributed by atoms with Gasteiger partial charge >= 0.3 is 6.18 Å². The maximum Gasteiger partial charge on any atom is 0.417 e. The fourth-order valence-electron chi connectivity index (χ4n) is 5.53. The molecule has 1 amide bonds. The van der Waals surface area contributed by atoms with E-state index >= 15 is 0 Å². The highest BCUT2D eigenvalue weighted by Crippen LogP contribution is 2.50. The summed E-state index contributed by atoms with van der Waals surface area (Å²) in [6.45, 7) is 3.97. The van der Waals surface area contributed by atoms with Crippen molar-refractivity contribution in [1.29, 1.82) is 0 Å². The Morgan fingerprint density at radius 1 is 1.23 bits per heavy atom. The van der Waals surface area contributed by atoms with E-state index in [-0.39, 0.29) is 17.1 Å². The van der Waals surface area contributed by atoms with Crippen LogP contribution in [0.25, 0.3) is 0 Å². The monoisotopic (exact) mass is 450 g/mol. The third kappa shape index (κ3) is 4.08. The molecule has 2 aromatic rings. The van der Waals surface area contributed by atoms with Crippen molar-refractivity contribution in [1.82, 2.24) is 10.2 Å². The van der Waals surface area contributed by atoms with E-state index in [1.807, 2.05) is 30.3 Å². The number of rotatable bonds is 5. The van der Waals surface area contributed by atoms with Crippen LogP contribution in [0.2, 0.25) is 5.02 Å². The number of fused-ring (bicyclic) bond motifs is 2. The molecule has 7 heteroatoms. The topological polar surface area (TPSA) is 32.3 Å². The van der Waals surface area contributed by atoms with Crippen LogP contribution in [-0.2, 0) is 6.18 Å². The second kappa shape index (κ2) is 8.47. The molecule has 2 fully saturated rings. The molecular formula is C24H26ClF3N2O. The van der Waals surface area contributed by atoms with Gasteiger partial charge in [0.1, 0.15) is 0 Å². The Balaban J connectivity index is 1.73. The van der Waals surface area contributed by atoms with Crippen LogP contribution in [0.15, 0.2) is 48.5 Å². The number of nitrogens with zero attached hydrogens (tertiary/aromatic N) is 1. The Hall–Kier alpha value is -2.05. The lowest BCUT2D eigenvalue weighted by molar-refractivity contribution is -0.137. The van der Waals surface area contributed by atoms with Crippen molar-refractivity contribution < 1.29 is 18.0 Å². The zero-order chi connectivity index (χ0) is 22.2. The lowest BCUT2D eigenvalue weighted by Gasteiger charge is -2.46. The van der Waals surface area contributed by atoms with E-state index in [9.17, 15) is 18.0 Å². The highest BCUT2D eigenvalue weighted by atomic mass is 35.5. The number of amides is 1. The summed E-state index contributed by atoms with van der Waals surface area (Å²) in [7, 11) is 0. The Labute approximate surface area is 185 Å². The fourth-order valence-corrected chi connectivity index (χ4v) is 5.85. The second-order valence-corrected chi connectivity index (χ2v) is 8.96. The first-order chi connectivity index (χ1) is 14.8. The molecule has 0 spiro atoms. The van der Waals surface area contributed by atoms with E-state index in [0.717, 1.165) is 44.0 Å². The summed E-state index contributed by atoms with van der Waals surface area (Å²) >= 11 is 6.05. The molecule has 1 aliphatic carbocycles. The van der Waals surface area contributed by atoms with Crippen molar-refractivity contribution in [3.05, 3.63) is 70.2 Å². The van der Waals surface area contributed by atoms with Crippen LogP contribution >= 0.6 is 11.6 Å². The molecule has 1 saturated carbocycles. The lowest BCUT2D eigenvalue weighted by Crippen LogP contribution is -2.54. The minimum atomic E-state index is -4.62. The first-order valence-electron chi connectivity index (χ1n) is 10.7. The molecule has 1 N–H and O–H groups in total. The zero-order valence-corrected chi connectivity index (χ0v) is 18.1. The number of carbonyl (C=O) groups is 1. The van der Waals surface area contributed by atoms with E-state index in [1.165, 1.54) is 18.6 Å². The molecule has 4 rings (SSSR count). The Morgan fingerprint density at radius 2 is 1.97 bits per heavy atom. The minimum absolute atomic E-state index is 0.151. The van der Waals surface area contributed by atoms with Crippen LogP contribution in [0.4, 0.5) is 13.2 Å². The molecule has 0 radical (unpaired) electrons. The van der Waals surface area contributed by atoms with Crippen molar-refractivity contribution in [2.45, 2.75) is 50.4 Å². The van der Waals surface area contributed by atoms with Gasteiger partial charge in [-0.1, -0.05) is 61.3 Å². The van der Waals surface area contributed by atoms with Crippen LogP contribution in [0, 0.1) is 5.92 Å². The average molecular weight is 451 g/mol. The van der Waals surface area contributed by atoms with Crippen molar-refractivity contribution in [3.63, 3.8) is 0 Å². The normalized spacial score (nSPS) is 24.7. The number of hydrogen-bond donors (Lipinski definition) is 1. The number of benzene rings is 2. The molecule has 1 saturated heterocycles. The summed E-state index contributed by atoms with van der Waals surface area (Å²) in [5.41, 5.74) is -0.435. The van der Waals surface area contributed by atoms with E-state index in [2.05, 4.69) is 17.1 Å². The highest BCUT2D eigenvalue weighted by molar-refractivity contribution is 6.34. The number of alkyl halides is 3. The van der Waals surface area contributed by atoms with Crippen molar-refractivity contribution in [2.24, 2.45) is 5.92 Å². The summed E-state index contributed by atoms with van der Waals surface area (Å²) < 4.78 is 39.9. The van der Waals surface area contributed by atoms with Gasteiger partial charge in [0.2, 0.25) is 0 Å². The van der Waals surface area contributed by atoms with Crippen molar-refractivity contribution in [2.75, 3.05) is 13.1 Å². The van der Waals surface area contributed by atoms with E-state index in [4.69, 9.17) is 11.6 Å². The minimum Gasteiger partial charge on any atom is -0.343 e. The van der Waals surface area contributed by atoms with E-state index < -0.39 is 22.7 Å². The molecule has 2 bridgehead atoms. The van der Waals surface area contributed by atoms with Gasteiger partial charge in [0.15, 0.2) is 0 Å². The molecule has 1 unspecified atom stereocenters. The quantitative estimate of drug-likeness (QED) is 0.597. The van der Waals surface area contributed by atoms with Crippen LogP contribution in [-0.4, -0.2) is 29.4 Å². The lowest BCUT2D eigenvalue weighted by atomic mass is 9.73. The average Bonchev–Trinajstić information content (AvgIpc) is 3.01. The van der Waals surface area contributed by atoms with E-state index in [1.54, 1.807) is 0 Å². The number of hydrogen-bond acceptors (Lipinski definition) is 2. The van der Waals surface area contributed by atoms with Gasteiger partial charge in [0.05, 0.1) is 22.2 Å². The van der Waals surface area contributed by atoms with Gasteiger partial charge in [0, 0.05) is 12.1 Å². The molecular weight excluding hydrogens is 425 g/mol. The number of halogens is 4. The number of nitrogens with one attached hydrogen (secondary N) is 1. The molecule has 166 valence electrons. The Morgan fingerprint density at radius 3 is 2.65 bits per heavy atom. The Kier molecular flexibility index (Phi) is 6.05. The van der Waals surface area contributed by atoms with Gasteiger partial charge in [-0.05, 0) is 49.4 Å². The van der Waals surface area contributed by atoms with Gasteiger partial charge in [-0.2, -0.15) is 13.2 Å². The SMILES string of the molecule is CCN1C[C@@H]2CCC[C@@]1(C(NC(=O)c1cccc(C(F)(F)F)c1Cl)c1ccccc1)C2. The predicted octanol–water partition coefficient (Wildman–Crippen LogP) is 6.09. The summed E-state index contributed by atoms with van der Waals surface area (Å²) in [5.74, 6) is -0.00151. The number of likely N-dealkylation sites (tertiary alicyclic amines) is 1. The Bertz CT molecular complexity index is 950. The predicted molar refractivity (Wildman–Crippen MR) is 115 cm³/mol. The third-order valence-electron chi connectivity index (χ3n) is 6.85. The van der Waals surface area contributed by atoms with Gasteiger partial charge in [-0.25, -0.2) is 0 Å². The van der Waals surface area contributed by atoms with Crippen LogP contribution < -0.4 is 5.32 Å². The molecule has 31 heavy (non-hydrogen) atoms. The molecule has 3 atom stereocenters. The van der Waals surface area contributed by atoms with Crippen molar-refractivity contribution in [3.8, 4) is 0 Å². The zero-order valence-electron chi connectivity index (χ0n) is 17.4. The van der Waals surface area contributed by atoms with E-state index in [0.29, 0.717) is 5.92 Å². The highest BCUT2D eigenvalue weighted by Gasteiger charge is 2.52. The standard InChI is InChI=1S/C24H26ClF3N2O/c1-2-30-15-16-8-7-13-23(30,14-16)21(17-9-4-3-5-10-17)29-22(31)18-11-6-12-19(20(18)25)24(26,27)28/h3-6,9-12,16,21H,2,7-8,13-15H2,1H3,(H,29,31)/t16-,21?,23+/m1/s1. The van der Waals surface area contributed by atoms with Crippen LogP contribution in [0.5, 0.6) is 0 Å². The maximum absolute atomic E-state index is 13.3. The smallest absolute Gasteiger partial charge is 0.343 e. The molecule has 1 aliphatic heterocycles. The van der Waals surface area contributed by atoms with Crippen LogP contribution in [0.1, 0.15) is 60.1 Å². The molecule has 0 aromatic heterocycles. The maximum atomic E-state index is 13.3. The molecule has 2 aromatic carbocycles. The second-order valence-electron chi connectivity index (χ2n) is 8.59. The first kappa shape index (κ1) is 22.2. The van der Waals surface area contributed by atoms with Crippen LogP contribution in [0.3, 0.4) is 0 Å². The van der Waals surface area contributed by atoms with Gasteiger partial charge in [0.25, 0.3) is 5.91 Å². The summed E-state index contributed by atoms with van der Waals surface area (Å²) in [5, 5.41) is 2.53. The molecule has 1 heterocycles. The number of carbonyl (C=O) groups excluding carboxylic acids is 1. The summed E-state index contributed by atoms with van der Waals surface area (Å²) in [6, 6.07) is 12.9. The molecule has 2 aliphatic rings. The summed E-state index contributed by atoms with van der Waals surface area (Å²) in [6.07, 6.45) is -0.464. The largest absolute Gasteiger partial charge is 0.417 e. The van der Waals surface area contributed by atoms with Crippen molar-refractivity contribution >= 4 is 17.5 Å². The third-order valence-corrected chi connectivity index (χ3v) is 7.26. The summed E-state index contributed by atoms with van der Waals surface area (Å²) in [4.78, 5) is 15.7. The van der Waals surface area contributed by atoms with Gasteiger partial charge in [-0.3, -0.25) is 9.69 Å². The number of likely N-dealkylation sites (N-methyl/N-ethyl adjacent to an activating group) is 1. The first-order valence-corrected chi connectivity index (χ1v) is 11.1. The molecule has 3 nitrogen and oxygen atoms in total. The van der Waals surface area contributed by atoms with Gasteiger partial charge in [-0.15, -0.1) is 0 Å². The van der Waals surface area contributed by atoms with Gasteiger partial charge < -0.3 is 5.32 Å². The fraction of sp³-hybridized carbons (Fsp3) is 0.458.